The molecule has 0 radical (unpaired) electrons. The summed E-state index contributed by atoms with van der Waals surface area (Å²) in [7, 11) is 0. The third-order valence-corrected chi connectivity index (χ3v) is 3.11. The van der Waals surface area contributed by atoms with E-state index in [1.807, 2.05) is 12.1 Å². The van der Waals surface area contributed by atoms with Crippen molar-refractivity contribution in [2.45, 2.75) is 20.3 Å². The molecule has 0 saturated heterocycles. The van der Waals surface area contributed by atoms with Crippen LogP contribution in [0.25, 0.3) is 11.1 Å². The highest BCUT2D eigenvalue weighted by Gasteiger charge is 2.05. The normalized spacial score (nSPS) is 10.4. The molecule has 16 heavy (non-hydrogen) atoms. The van der Waals surface area contributed by atoms with Crippen molar-refractivity contribution in [3.8, 4) is 11.1 Å². The summed E-state index contributed by atoms with van der Waals surface area (Å²) < 4.78 is 0. The van der Waals surface area contributed by atoms with Crippen LogP contribution in [-0.4, -0.2) is 0 Å². The Morgan fingerprint density at radius 1 is 1.00 bits per heavy atom. The topological polar surface area (TPSA) is 0 Å². The van der Waals surface area contributed by atoms with E-state index in [9.17, 15) is 0 Å². The molecule has 0 aliphatic carbocycles. The minimum atomic E-state index is 0.801. The largest absolute Gasteiger partial charge is 0.0843 e. The van der Waals surface area contributed by atoms with Crippen LogP contribution in [0, 0.1) is 6.92 Å². The molecule has 0 aliphatic rings. The molecule has 2 aromatic carbocycles. The molecule has 0 N–H and O–H groups in total. The van der Waals surface area contributed by atoms with Gasteiger partial charge < -0.3 is 0 Å². The molecule has 0 atom stereocenters. The first kappa shape index (κ1) is 11.2. The van der Waals surface area contributed by atoms with Gasteiger partial charge in [0.2, 0.25) is 0 Å². The molecule has 0 saturated carbocycles. The van der Waals surface area contributed by atoms with Gasteiger partial charge in [-0.25, -0.2) is 0 Å². The first-order chi connectivity index (χ1) is 7.72. The average Bonchev–Trinajstić information content (AvgIpc) is 2.29. The Morgan fingerprint density at radius 2 is 1.75 bits per heavy atom. The Morgan fingerprint density at radius 3 is 2.44 bits per heavy atom. The van der Waals surface area contributed by atoms with Crippen LogP contribution in [0.5, 0.6) is 0 Å². The first-order valence-corrected chi connectivity index (χ1v) is 5.94. The zero-order valence-electron chi connectivity index (χ0n) is 9.63. The maximum absolute atomic E-state index is 5.98. The third kappa shape index (κ3) is 2.12. The highest BCUT2D eigenvalue weighted by Crippen LogP contribution is 2.28. The summed E-state index contributed by atoms with van der Waals surface area (Å²) in [5, 5.41) is 0.801. The molecule has 0 bridgehead atoms. The molecule has 82 valence electrons. The van der Waals surface area contributed by atoms with Crippen LogP contribution in [0.1, 0.15) is 18.1 Å². The van der Waals surface area contributed by atoms with Crippen molar-refractivity contribution in [3.63, 3.8) is 0 Å². The van der Waals surface area contributed by atoms with Gasteiger partial charge in [0.1, 0.15) is 0 Å². The van der Waals surface area contributed by atoms with E-state index in [0.29, 0.717) is 0 Å². The summed E-state index contributed by atoms with van der Waals surface area (Å²) in [5.41, 5.74) is 5.21. The summed E-state index contributed by atoms with van der Waals surface area (Å²) in [6.07, 6.45) is 1.05. The summed E-state index contributed by atoms with van der Waals surface area (Å²) >= 11 is 5.98. The molecule has 2 rings (SSSR count). The van der Waals surface area contributed by atoms with Crippen molar-refractivity contribution >= 4 is 11.6 Å². The molecule has 2 aromatic rings. The van der Waals surface area contributed by atoms with Crippen molar-refractivity contribution in [2.75, 3.05) is 0 Å². The van der Waals surface area contributed by atoms with Crippen molar-refractivity contribution in [3.05, 3.63) is 58.6 Å². The van der Waals surface area contributed by atoms with E-state index in [0.717, 1.165) is 11.4 Å². The Hall–Kier alpha value is -1.27. The van der Waals surface area contributed by atoms with E-state index < -0.39 is 0 Å². The number of benzene rings is 2. The fourth-order valence-electron chi connectivity index (χ4n) is 2.02. The average molecular weight is 231 g/mol. The lowest BCUT2D eigenvalue weighted by Gasteiger charge is -2.10. The highest BCUT2D eigenvalue weighted by atomic mass is 35.5. The summed E-state index contributed by atoms with van der Waals surface area (Å²) in [6.45, 7) is 4.29. The van der Waals surface area contributed by atoms with Gasteiger partial charge in [0, 0.05) is 5.02 Å². The molecular weight excluding hydrogens is 216 g/mol. The SMILES string of the molecule is CCc1ccccc1-c1ccc(Cl)cc1C. The van der Waals surface area contributed by atoms with Crippen molar-refractivity contribution in [1.29, 1.82) is 0 Å². The second-order valence-electron chi connectivity index (χ2n) is 3.97. The fraction of sp³-hybridized carbons (Fsp3) is 0.200. The van der Waals surface area contributed by atoms with Gasteiger partial charge >= 0.3 is 0 Å². The smallest absolute Gasteiger partial charge is 0.0409 e. The third-order valence-electron chi connectivity index (χ3n) is 2.88. The van der Waals surface area contributed by atoms with Crippen LogP contribution in [-0.2, 0) is 6.42 Å². The van der Waals surface area contributed by atoms with E-state index >= 15 is 0 Å². The Bertz CT molecular complexity index is 501. The lowest BCUT2D eigenvalue weighted by atomic mass is 9.95. The van der Waals surface area contributed by atoms with E-state index in [4.69, 9.17) is 11.6 Å². The van der Waals surface area contributed by atoms with Crippen LogP contribution in [0.15, 0.2) is 42.5 Å². The van der Waals surface area contributed by atoms with Gasteiger partial charge in [0.15, 0.2) is 0 Å². The molecular formula is C15H15Cl. The maximum Gasteiger partial charge on any atom is 0.0409 e. The lowest BCUT2D eigenvalue weighted by molar-refractivity contribution is 1.14. The van der Waals surface area contributed by atoms with E-state index in [-0.39, 0.29) is 0 Å². The van der Waals surface area contributed by atoms with Crippen molar-refractivity contribution < 1.29 is 0 Å². The zero-order valence-corrected chi connectivity index (χ0v) is 10.4. The van der Waals surface area contributed by atoms with Crippen molar-refractivity contribution in [1.82, 2.24) is 0 Å². The van der Waals surface area contributed by atoms with Crippen LogP contribution in [0.3, 0.4) is 0 Å². The van der Waals surface area contributed by atoms with Crippen LogP contribution < -0.4 is 0 Å². The summed E-state index contributed by atoms with van der Waals surface area (Å²) in [4.78, 5) is 0. The van der Waals surface area contributed by atoms with Crippen LogP contribution >= 0.6 is 11.6 Å². The second kappa shape index (κ2) is 4.71. The van der Waals surface area contributed by atoms with Crippen LogP contribution in [0.2, 0.25) is 5.02 Å². The summed E-state index contributed by atoms with van der Waals surface area (Å²) in [5.74, 6) is 0. The molecule has 1 heteroatoms. The Balaban J connectivity index is 2.58. The number of aryl methyl sites for hydroxylation is 2. The van der Waals surface area contributed by atoms with E-state index in [1.54, 1.807) is 0 Å². The van der Waals surface area contributed by atoms with Gasteiger partial charge in [-0.3, -0.25) is 0 Å². The molecule has 0 heterocycles. The Kier molecular flexibility index (Phi) is 3.31. The van der Waals surface area contributed by atoms with E-state index in [2.05, 4.69) is 44.2 Å². The maximum atomic E-state index is 5.98. The molecule has 0 fully saturated rings. The Labute approximate surface area is 102 Å². The highest BCUT2D eigenvalue weighted by molar-refractivity contribution is 6.30. The van der Waals surface area contributed by atoms with Gasteiger partial charge in [-0.15, -0.1) is 0 Å². The quantitative estimate of drug-likeness (QED) is 0.690. The van der Waals surface area contributed by atoms with Crippen molar-refractivity contribution in [2.24, 2.45) is 0 Å². The summed E-state index contributed by atoms with van der Waals surface area (Å²) in [6, 6.07) is 14.6. The predicted molar refractivity (Wildman–Crippen MR) is 71.0 cm³/mol. The molecule has 0 amide bonds. The minimum absolute atomic E-state index is 0.801. The van der Waals surface area contributed by atoms with Crippen LogP contribution in [0.4, 0.5) is 0 Å². The standard InChI is InChI=1S/C15H15Cl/c1-3-12-6-4-5-7-15(12)14-9-8-13(16)10-11(14)2/h4-10H,3H2,1-2H3. The molecule has 0 aliphatic heterocycles. The molecule has 0 unspecified atom stereocenters. The number of halogens is 1. The monoisotopic (exact) mass is 230 g/mol. The second-order valence-corrected chi connectivity index (χ2v) is 4.41. The minimum Gasteiger partial charge on any atom is -0.0843 e. The van der Waals surface area contributed by atoms with Gasteiger partial charge in [-0.05, 0) is 47.7 Å². The molecule has 0 aromatic heterocycles. The number of hydrogen-bond donors (Lipinski definition) is 0. The van der Waals surface area contributed by atoms with E-state index in [1.165, 1.54) is 22.3 Å². The van der Waals surface area contributed by atoms with Gasteiger partial charge in [-0.2, -0.15) is 0 Å². The zero-order chi connectivity index (χ0) is 11.5. The van der Waals surface area contributed by atoms with Gasteiger partial charge in [-0.1, -0.05) is 48.9 Å². The predicted octanol–water partition coefficient (Wildman–Crippen LogP) is 4.88. The molecule has 0 spiro atoms. The lowest BCUT2D eigenvalue weighted by Crippen LogP contribution is -1.89. The number of hydrogen-bond acceptors (Lipinski definition) is 0. The number of rotatable bonds is 2. The van der Waals surface area contributed by atoms with Gasteiger partial charge in [0.25, 0.3) is 0 Å². The molecule has 0 nitrogen and oxygen atoms in total. The van der Waals surface area contributed by atoms with Gasteiger partial charge in [0.05, 0.1) is 0 Å². The first-order valence-electron chi connectivity index (χ1n) is 5.57. The fourth-order valence-corrected chi connectivity index (χ4v) is 2.25.